The molecule has 4 heterocycles. The summed E-state index contributed by atoms with van der Waals surface area (Å²) in [5, 5.41) is 6.18. The standard InChI is InChI=1S/C27H32BrN3O5/c28-16-8-10-18(11-9-16)29-24(32)21-20-12-13-27(36-20)22(21)26(34)31(15-19-7-4-14-35-19)23(27)25(33)30-17-5-2-1-3-6-17/h8-13,17,19-23H,1-7,14-15H2,(H,29,32)(H,30,33)/t19-,20+,21-,22+,23-,27+/m0/s1. The Morgan fingerprint density at radius 1 is 1.06 bits per heavy atom. The number of carbonyl (C=O) groups is 3. The Morgan fingerprint density at radius 2 is 1.83 bits per heavy atom. The Hall–Kier alpha value is -2.23. The molecule has 1 aromatic carbocycles. The van der Waals surface area contributed by atoms with Crippen LogP contribution in [0.25, 0.3) is 0 Å². The molecule has 1 aromatic rings. The van der Waals surface area contributed by atoms with Gasteiger partial charge in [-0.05, 0) is 49.9 Å². The van der Waals surface area contributed by atoms with Crippen LogP contribution in [0.5, 0.6) is 0 Å². The van der Waals surface area contributed by atoms with Gasteiger partial charge in [-0.15, -0.1) is 0 Å². The summed E-state index contributed by atoms with van der Waals surface area (Å²) in [7, 11) is 0. The highest BCUT2D eigenvalue weighted by Crippen LogP contribution is 2.55. The van der Waals surface area contributed by atoms with Crippen molar-refractivity contribution in [2.75, 3.05) is 18.5 Å². The van der Waals surface area contributed by atoms with Crippen molar-refractivity contribution in [2.24, 2.45) is 11.8 Å². The largest absolute Gasteiger partial charge is 0.376 e. The number of anilines is 1. The lowest BCUT2D eigenvalue weighted by Gasteiger charge is -2.34. The number of nitrogens with one attached hydrogen (secondary N) is 2. The molecule has 6 rings (SSSR count). The van der Waals surface area contributed by atoms with E-state index >= 15 is 0 Å². The highest BCUT2D eigenvalue weighted by atomic mass is 79.9. The van der Waals surface area contributed by atoms with Crippen molar-refractivity contribution in [3.8, 4) is 0 Å². The van der Waals surface area contributed by atoms with Crippen LogP contribution in [0, 0.1) is 11.8 Å². The number of amides is 3. The summed E-state index contributed by atoms with van der Waals surface area (Å²) in [4.78, 5) is 42.9. The molecule has 1 aliphatic carbocycles. The van der Waals surface area contributed by atoms with E-state index in [1.807, 2.05) is 36.4 Å². The molecule has 192 valence electrons. The molecule has 0 unspecified atom stereocenters. The van der Waals surface area contributed by atoms with Gasteiger partial charge >= 0.3 is 0 Å². The summed E-state index contributed by atoms with van der Waals surface area (Å²) in [6.07, 6.45) is 10.2. The number of nitrogens with zero attached hydrogens (tertiary/aromatic N) is 1. The van der Waals surface area contributed by atoms with E-state index in [2.05, 4.69) is 26.6 Å². The van der Waals surface area contributed by atoms with E-state index in [9.17, 15) is 14.4 Å². The van der Waals surface area contributed by atoms with E-state index in [4.69, 9.17) is 9.47 Å². The second-order valence-electron chi connectivity index (χ2n) is 10.7. The van der Waals surface area contributed by atoms with Crippen LogP contribution in [-0.2, 0) is 23.9 Å². The van der Waals surface area contributed by atoms with Gasteiger partial charge in [0, 0.05) is 29.4 Å². The minimum Gasteiger partial charge on any atom is -0.376 e. The molecule has 1 spiro atoms. The molecule has 9 heteroatoms. The molecule has 6 atom stereocenters. The Morgan fingerprint density at radius 3 is 2.56 bits per heavy atom. The highest BCUT2D eigenvalue weighted by molar-refractivity contribution is 9.10. The molecule has 4 aliphatic heterocycles. The van der Waals surface area contributed by atoms with Crippen molar-refractivity contribution in [1.29, 1.82) is 0 Å². The zero-order valence-electron chi connectivity index (χ0n) is 20.2. The number of ether oxygens (including phenoxy) is 2. The van der Waals surface area contributed by atoms with Crippen molar-refractivity contribution >= 4 is 39.3 Å². The van der Waals surface area contributed by atoms with Crippen LogP contribution in [0.2, 0.25) is 0 Å². The third kappa shape index (κ3) is 4.09. The van der Waals surface area contributed by atoms with Crippen LogP contribution in [0.15, 0.2) is 40.9 Å². The zero-order valence-corrected chi connectivity index (χ0v) is 21.7. The molecule has 0 aromatic heterocycles. The first-order valence-electron chi connectivity index (χ1n) is 13.1. The molecule has 4 fully saturated rings. The van der Waals surface area contributed by atoms with Crippen molar-refractivity contribution in [2.45, 2.75) is 74.8 Å². The minimum atomic E-state index is -1.14. The SMILES string of the molecule is O=C(Nc1ccc(Br)cc1)[C@H]1[C@H]2C=C[C@]3(O2)[C@H](C(=O)NC2CCCCC2)N(C[C@@H]2CCCO2)C(=O)[C@@H]13. The van der Waals surface area contributed by atoms with Crippen molar-refractivity contribution in [3.63, 3.8) is 0 Å². The summed E-state index contributed by atoms with van der Waals surface area (Å²) in [5.74, 6) is -2.10. The molecule has 8 nitrogen and oxygen atoms in total. The van der Waals surface area contributed by atoms with Crippen LogP contribution in [0.1, 0.15) is 44.9 Å². The lowest BCUT2D eigenvalue weighted by Crippen LogP contribution is -2.57. The average Bonchev–Trinajstić information content (AvgIpc) is 3.64. The Labute approximate surface area is 219 Å². The highest BCUT2D eigenvalue weighted by Gasteiger charge is 2.73. The second kappa shape index (κ2) is 9.58. The summed E-state index contributed by atoms with van der Waals surface area (Å²) < 4.78 is 13.2. The fraction of sp³-hybridized carbons (Fsp3) is 0.593. The topological polar surface area (TPSA) is 97.0 Å². The van der Waals surface area contributed by atoms with Crippen LogP contribution < -0.4 is 10.6 Å². The first-order valence-corrected chi connectivity index (χ1v) is 13.9. The molecule has 2 bridgehead atoms. The smallest absolute Gasteiger partial charge is 0.246 e. The van der Waals surface area contributed by atoms with Crippen LogP contribution in [0.3, 0.4) is 0 Å². The van der Waals surface area contributed by atoms with Gasteiger partial charge in [-0.2, -0.15) is 0 Å². The van der Waals surface area contributed by atoms with E-state index in [0.717, 1.165) is 43.0 Å². The van der Waals surface area contributed by atoms with Gasteiger partial charge in [-0.25, -0.2) is 0 Å². The van der Waals surface area contributed by atoms with Gasteiger partial charge in [0.25, 0.3) is 0 Å². The number of carbonyl (C=O) groups excluding carboxylic acids is 3. The number of benzene rings is 1. The lowest BCUT2D eigenvalue weighted by atomic mass is 9.74. The normalized spacial score (nSPS) is 35.3. The zero-order chi connectivity index (χ0) is 24.9. The molecule has 5 aliphatic rings. The third-order valence-corrected chi connectivity index (χ3v) is 8.94. The van der Waals surface area contributed by atoms with Crippen molar-refractivity contribution < 1.29 is 23.9 Å². The monoisotopic (exact) mass is 557 g/mol. The predicted octanol–water partition coefficient (Wildman–Crippen LogP) is 3.17. The van der Waals surface area contributed by atoms with Crippen LogP contribution in [-0.4, -0.2) is 65.7 Å². The summed E-state index contributed by atoms with van der Waals surface area (Å²) in [6, 6.07) is 6.62. The van der Waals surface area contributed by atoms with Gasteiger partial charge in [0.05, 0.1) is 24.0 Å². The summed E-state index contributed by atoms with van der Waals surface area (Å²) in [5.41, 5.74) is -0.488. The number of fused-ring (bicyclic) bond motifs is 1. The van der Waals surface area contributed by atoms with E-state index in [-0.39, 0.29) is 29.9 Å². The lowest BCUT2D eigenvalue weighted by molar-refractivity contribution is -0.143. The second-order valence-corrected chi connectivity index (χ2v) is 11.6. The maximum absolute atomic E-state index is 14.0. The maximum Gasteiger partial charge on any atom is 0.246 e. The Kier molecular flexibility index (Phi) is 6.42. The molecular weight excluding hydrogens is 526 g/mol. The molecule has 0 radical (unpaired) electrons. The molecule has 3 amide bonds. The van der Waals surface area contributed by atoms with E-state index in [1.54, 1.807) is 4.90 Å². The number of hydrogen-bond acceptors (Lipinski definition) is 5. The van der Waals surface area contributed by atoms with E-state index in [1.165, 1.54) is 6.42 Å². The van der Waals surface area contributed by atoms with E-state index < -0.39 is 29.6 Å². The first-order chi connectivity index (χ1) is 17.5. The minimum absolute atomic E-state index is 0.106. The van der Waals surface area contributed by atoms with Gasteiger partial charge in [-0.1, -0.05) is 47.3 Å². The molecule has 3 saturated heterocycles. The third-order valence-electron chi connectivity index (χ3n) is 8.41. The Bertz CT molecular complexity index is 1070. The molecule has 2 N–H and O–H groups in total. The quantitative estimate of drug-likeness (QED) is 0.523. The number of hydrogen-bond donors (Lipinski definition) is 2. The van der Waals surface area contributed by atoms with Gasteiger partial charge < -0.3 is 25.0 Å². The van der Waals surface area contributed by atoms with Gasteiger partial charge in [0.1, 0.15) is 11.6 Å². The van der Waals surface area contributed by atoms with Gasteiger partial charge in [0.15, 0.2) is 0 Å². The first kappa shape index (κ1) is 24.1. The average molecular weight is 558 g/mol. The summed E-state index contributed by atoms with van der Waals surface area (Å²) in [6.45, 7) is 1.000. The molecule has 1 saturated carbocycles. The number of likely N-dealkylation sites (tertiary alicyclic amines) is 1. The fourth-order valence-electron chi connectivity index (χ4n) is 6.76. The Balaban J connectivity index is 1.29. The predicted molar refractivity (Wildman–Crippen MR) is 136 cm³/mol. The number of halogens is 1. The number of rotatable bonds is 6. The van der Waals surface area contributed by atoms with Crippen molar-refractivity contribution in [3.05, 3.63) is 40.9 Å². The van der Waals surface area contributed by atoms with Gasteiger partial charge in [0.2, 0.25) is 17.7 Å². The van der Waals surface area contributed by atoms with Crippen molar-refractivity contribution in [1.82, 2.24) is 10.2 Å². The fourth-order valence-corrected chi connectivity index (χ4v) is 7.02. The van der Waals surface area contributed by atoms with Crippen LogP contribution >= 0.6 is 15.9 Å². The van der Waals surface area contributed by atoms with Gasteiger partial charge in [-0.3, -0.25) is 14.4 Å². The summed E-state index contributed by atoms with van der Waals surface area (Å²) >= 11 is 3.41. The van der Waals surface area contributed by atoms with Crippen LogP contribution in [0.4, 0.5) is 5.69 Å². The maximum atomic E-state index is 14.0. The molecule has 36 heavy (non-hydrogen) atoms. The van der Waals surface area contributed by atoms with E-state index in [0.29, 0.717) is 18.8 Å². The molecular formula is C27H32BrN3O5.